The van der Waals surface area contributed by atoms with Gasteiger partial charge in [0.1, 0.15) is 12.1 Å². The second kappa shape index (κ2) is 25.2. The topological polar surface area (TPSA) is 108 Å². The van der Waals surface area contributed by atoms with Gasteiger partial charge in [0.05, 0.1) is 5.69 Å². The Kier molecular flexibility index (Phi) is 23.0. The van der Waals surface area contributed by atoms with E-state index in [0.717, 1.165) is 47.7 Å². The number of amides is 1. The van der Waals surface area contributed by atoms with E-state index in [4.69, 9.17) is 5.73 Å². The van der Waals surface area contributed by atoms with Crippen LogP contribution in [0.2, 0.25) is 0 Å². The van der Waals surface area contributed by atoms with E-state index in [9.17, 15) is 14.4 Å². The Hall–Kier alpha value is -4.04. The van der Waals surface area contributed by atoms with E-state index in [0.29, 0.717) is 55.1 Å². The number of unbranched alkanes of at least 4 members (excludes halogenated alkanes) is 1. The Morgan fingerprint density at radius 2 is 1.48 bits per heavy atom. The molecule has 254 valence electrons. The normalized spacial score (nSPS) is 11.5. The molecular weight excluding hydrogens is 574 g/mol. The van der Waals surface area contributed by atoms with E-state index in [1.807, 2.05) is 93.5 Å². The molecule has 0 atom stereocenters. The van der Waals surface area contributed by atoms with Crippen molar-refractivity contribution in [2.24, 2.45) is 10.7 Å². The van der Waals surface area contributed by atoms with Gasteiger partial charge in [0.15, 0.2) is 6.29 Å². The largest absolute Gasteiger partial charge is 0.387 e. The lowest BCUT2D eigenvalue weighted by Crippen LogP contribution is -2.34. The summed E-state index contributed by atoms with van der Waals surface area (Å²) in [6, 6.07) is 11.6. The summed E-state index contributed by atoms with van der Waals surface area (Å²) in [6.07, 6.45) is 12.6. The Balaban J connectivity index is 0.00000201. The molecular formula is C38H59N5O3. The summed E-state index contributed by atoms with van der Waals surface area (Å²) < 4.78 is 0. The predicted molar refractivity (Wildman–Crippen MR) is 198 cm³/mol. The van der Waals surface area contributed by atoms with Crippen LogP contribution in [0.4, 0.5) is 5.69 Å². The van der Waals surface area contributed by atoms with Gasteiger partial charge < -0.3 is 25.6 Å². The van der Waals surface area contributed by atoms with E-state index in [-0.39, 0.29) is 5.91 Å². The first-order valence-electron chi connectivity index (χ1n) is 16.7. The fourth-order valence-corrected chi connectivity index (χ4v) is 4.31. The molecule has 1 heterocycles. The minimum Gasteiger partial charge on any atom is -0.387 e. The fourth-order valence-electron chi connectivity index (χ4n) is 4.31. The summed E-state index contributed by atoms with van der Waals surface area (Å²) in [5, 5.41) is 2.75. The van der Waals surface area contributed by atoms with Crippen molar-refractivity contribution in [2.45, 2.75) is 80.1 Å². The third kappa shape index (κ3) is 14.8. The molecule has 0 unspecified atom stereocenters. The number of hydrogen-bond acceptors (Lipinski definition) is 7. The van der Waals surface area contributed by atoms with Crippen LogP contribution in [0, 0.1) is 0 Å². The maximum absolute atomic E-state index is 13.2. The number of rotatable bonds is 13. The number of amidine groups is 1. The van der Waals surface area contributed by atoms with Gasteiger partial charge in [0.25, 0.3) is 0 Å². The van der Waals surface area contributed by atoms with Gasteiger partial charge in [-0.2, -0.15) is 0 Å². The number of nitrogens with zero attached hydrogens (tertiary/aromatic N) is 3. The molecule has 0 aromatic heterocycles. The predicted octanol–water partition coefficient (Wildman–Crippen LogP) is 7.75. The molecule has 2 aromatic carbocycles. The number of nitrogens with two attached hydrogens (primary N) is 1. The van der Waals surface area contributed by atoms with Crippen molar-refractivity contribution in [1.82, 2.24) is 15.1 Å². The molecule has 1 aliphatic heterocycles. The molecule has 46 heavy (non-hydrogen) atoms. The van der Waals surface area contributed by atoms with Crippen LogP contribution in [0.1, 0.15) is 102 Å². The lowest BCUT2D eigenvalue weighted by atomic mass is 9.97. The monoisotopic (exact) mass is 633 g/mol. The van der Waals surface area contributed by atoms with Gasteiger partial charge in [-0.25, -0.2) is 4.99 Å². The van der Waals surface area contributed by atoms with Crippen LogP contribution in [0.25, 0.3) is 23.3 Å². The number of hydrogen-bond donors (Lipinski definition) is 2. The zero-order valence-electron chi connectivity index (χ0n) is 29.9. The molecule has 0 aliphatic carbocycles. The van der Waals surface area contributed by atoms with Gasteiger partial charge in [0, 0.05) is 56.2 Å². The highest BCUT2D eigenvalue weighted by molar-refractivity contribution is 6.05. The lowest BCUT2D eigenvalue weighted by Gasteiger charge is -2.22. The lowest BCUT2D eigenvalue weighted by molar-refractivity contribution is -0.127. The van der Waals surface area contributed by atoms with Crippen LogP contribution in [-0.2, 0) is 9.59 Å². The van der Waals surface area contributed by atoms with Gasteiger partial charge in [0.2, 0.25) is 5.91 Å². The molecule has 0 spiro atoms. The maximum Gasteiger partial charge on any atom is 0.250 e. The second-order valence-corrected chi connectivity index (χ2v) is 10.7. The molecule has 1 aliphatic rings. The maximum atomic E-state index is 13.2. The van der Waals surface area contributed by atoms with Gasteiger partial charge in [-0.15, -0.1) is 0 Å². The average Bonchev–Trinajstić information content (AvgIpc) is 3.24. The number of aliphatic imine (C=N–C) groups is 1. The van der Waals surface area contributed by atoms with E-state index in [1.165, 1.54) is 12.8 Å². The van der Waals surface area contributed by atoms with Crippen LogP contribution in [0.3, 0.4) is 0 Å². The number of nitrogens with one attached hydrogen (secondary N) is 1. The zero-order chi connectivity index (χ0) is 34.9. The molecule has 0 saturated heterocycles. The molecule has 8 heteroatoms. The minimum absolute atomic E-state index is 0.0118. The van der Waals surface area contributed by atoms with Crippen LogP contribution >= 0.6 is 0 Å². The molecule has 0 fully saturated rings. The van der Waals surface area contributed by atoms with Gasteiger partial charge >= 0.3 is 0 Å². The van der Waals surface area contributed by atoms with E-state index in [1.54, 1.807) is 6.07 Å². The van der Waals surface area contributed by atoms with Crippen molar-refractivity contribution in [3.63, 3.8) is 0 Å². The third-order valence-corrected chi connectivity index (χ3v) is 6.70. The molecule has 0 radical (unpaired) electrons. The van der Waals surface area contributed by atoms with Gasteiger partial charge in [-0.3, -0.25) is 9.59 Å². The number of carbonyl (C=O) groups excluding carboxylic acids is 3. The van der Waals surface area contributed by atoms with Gasteiger partial charge in [-0.1, -0.05) is 78.6 Å². The summed E-state index contributed by atoms with van der Waals surface area (Å²) >= 11 is 0. The van der Waals surface area contributed by atoms with Crippen molar-refractivity contribution < 1.29 is 14.4 Å². The average molecular weight is 634 g/mol. The molecule has 2 aromatic rings. The Bertz CT molecular complexity index is 1280. The molecule has 3 rings (SSSR count). The number of aldehydes is 2. The van der Waals surface area contributed by atoms with Crippen molar-refractivity contribution in [2.75, 3.05) is 40.8 Å². The molecule has 0 saturated carbocycles. The summed E-state index contributed by atoms with van der Waals surface area (Å²) in [5.74, 6) is 0.416. The molecule has 1 amide bonds. The summed E-state index contributed by atoms with van der Waals surface area (Å²) in [5.41, 5.74) is 11.7. The molecule has 3 N–H and O–H groups in total. The third-order valence-electron chi connectivity index (χ3n) is 6.70. The van der Waals surface area contributed by atoms with Crippen LogP contribution < -0.4 is 11.1 Å². The van der Waals surface area contributed by atoms with Gasteiger partial charge in [-0.05, 0) is 74.1 Å². The van der Waals surface area contributed by atoms with Crippen molar-refractivity contribution >= 4 is 42.2 Å². The Morgan fingerprint density at radius 1 is 0.891 bits per heavy atom. The first kappa shape index (κ1) is 42.0. The van der Waals surface area contributed by atoms with Crippen molar-refractivity contribution in [3.05, 3.63) is 64.9 Å². The van der Waals surface area contributed by atoms with E-state index in [2.05, 4.69) is 38.0 Å². The second-order valence-electron chi connectivity index (χ2n) is 10.7. The summed E-state index contributed by atoms with van der Waals surface area (Å²) in [6.45, 7) is 14.5. The highest BCUT2D eigenvalue weighted by Crippen LogP contribution is 2.33. The summed E-state index contributed by atoms with van der Waals surface area (Å²) in [7, 11) is 5.63. The Morgan fingerprint density at radius 3 is 2.02 bits per heavy atom. The zero-order valence-corrected chi connectivity index (χ0v) is 29.9. The highest BCUT2D eigenvalue weighted by atomic mass is 16.2. The number of carbonyl (C=O) groups is 3. The van der Waals surface area contributed by atoms with Crippen molar-refractivity contribution in [1.29, 1.82) is 0 Å². The van der Waals surface area contributed by atoms with Crippen LogP contribution in [0.5, 0.6) is 0 Å². The summed E-state index contributed by atoms with van der Waals surface area (Å²) in [4.78, 5) is 43.9. The van der Waals surface area contributed by atoms with Crippen molar-refractivity contribution in [3.8, 4) is 11.1 Å². The van der Waals surface area contributed by atoms with Crippen LogP contribution in [-0.4, -0.2) is 74.9 Å². The van der Waals surface area contributed by atoms with Crippen LogP contribution in [0.15, 0.2) is 53.2 Å². The van der Waals surface area contributed by atoms with E-state index < -0.39 is 0 Å². The number of benzene rings is 2. The molecule has 0 bridgehead atoms. The first-order chi connectivity index (χ1) is 22.2. The van der Waals surface area contributed by atoms with E-state index >= 15 is 0 Å². The first-order valence-corrected chi connectivity index (χ1v) is 16.7. The highest BCUT2D eigenvalue weighted by Gasteiger charge is 2.21. The SMILES string of the molecule is CC.CCCC.CCCN(CCC)C(=O)C1=Cc2ccc(-c3ccc(C=O)c(/C=C\N(C)CCC=O)c3)cc2N=C(N)C1.CNC. The smallest absolute Gasteiger partial charge is 0.250 e. The molecule has 8 nitrogen and oxygen atoms in total. The number of fused-ring (bicyclic) bond motifs is 1. The minimum atomic E-state index is 0.0118. The Labute approximate surface area is 278 Å². The standard InChI is InChI=1S/C30H36N4O3.C4H10.C2H7N.C2H6/c1-4-12-34(13-5-2)30(37)27-18-25-9-7-23(19-28(25)32-29(31)20-27)22-8-10-26(21-36)24(17-22)11-15-33(3)14-6-16-35;1-3-4-2;1-3-2;1-2/h7-11,15-19,21H,4-6,12-14,20H2,1-3H3,(H2,31,32);3-4H2,1-2H3;3H,1-2H3;1-2H3/b15-11-;;;. The fraction of sp³-hybridized carbons (Fsp3) is 0.474. The quantitative estimate of drug-likeness (QED) is 0.218.